The van der Waals surface area contributed by atoms with Gasteiger partial charge in [-0.05, 0) is 66.1 Å². The number of hydrogen-bond donors (Lipinski definition) is 1. The number of benzene rings is 1. The van der Waals surface area contributed by atoms with E-state index in [1.807, 2.05) is 0 Å². The van der Waals surface area contributed by atoms with Crippen LogP contribution < -0.4 is 5.32 Å². The lowest BCUT2D eigenvalue weighted by molar-refractivity contribution is 0.268. The van der Waals surface area contributed by atoms with Gasteiger partial charge >= 0.3 is 0 Å². The molecule has 3 heteroatoms. The van der Waals surface area contributed by atoms with Crippen LogP contribution in [0.2, 0.25) is 0 Å². The van der Waals surface area contributed by atoms with Gasteiger partial charge in [-0.15, -0.1) is 0 Å². The van der Waals surface area contributed by atoms with Crippen molar-refractivity contribution in [2.45, 2.75) is 44.2 Å². The zero-order valence-corrected chi connectivity index (χ0v) is 14.1. The van der Waals surface area contributed by atoms with E-state index in [9.17, 15) is 0 Å². The highest BCUT2D eigenvalue weighted by atomic mass is 79.9. The molecule has 1 aliphatic carbocycles. The Labute approximate surface area is 133 Å². The van der Waals surface area contributed by atoms with E-state index < -0.39 is 0 Å². The number of halogens is 1. The highest BCUT2D eigenvalue weighted by molar-refractivity contribution is 9.10. The van der Waals surface area contributed by atoms with Crippen LogP contribution in [0.3, 0.4) is 0 Å². The van der Waals surface area contributed by atoms with E-state index in [1.54, 1.807) is 11.3 Å². The summed E-state index contributed by atoms with van der Waals surface area (Å²) in [6.45, 7) is 2.30. The van der Waals surface area contributed by atoms with Crippen LogP contribution in [-0.4, -0.2) is 12.1 Å². The van der Waals surface area contributed by atoms with Crippen LogP contribution >= 0.6 is 27.3 Å². The molecule has 1 heterocycles. The van der Waals surface area contributed by atoms with E-state index >= 15 is 0 Å². The Balaban J connectivity index is 1.47. The third-order valence-electron chi connectivity index (χ3n) is 4.13. The number of thiophene rings is 1. The number of nitrogens with one attached hydrogen (secondary N) is 1. The Morgan fingerprint density at radius 2 is 2.10 bits per heavy atom. The summed E-state index contributed by atoms with van der Waals surface area (Å²) in [5, 5.41) is 8.18. The van der Waals surface area contributed by atoms with Gasteiger partial charge in [-0.25, -0.2) is 0 Å². The van der Waals surface area contributed by atoms with Gasteiger partial charge in [0.2, 0.25) is 0 Å². The smallest absolute Gasteiger partial charge is 0.0210 e. The Hall–Kier alpha value is -0.640. The molecule has 1 atom stereocenters. The predicted octanol–water partition coefficient (Wildman–Crippen LogP) is 4.98. The summed E-state index contributed by atoms with van der Waals surface area (Å²) in [5.74, 6) is 0.719. The van der Waals surface area contributed by atoms with Crippen molar-refractivity contribution in [1.82, 2.24) is 5.32 Å². The number of hydrogen-bond acceptors (Lipinski definition) is 2. The molecule has 1 aromatic carbocycles. The molecule has 0 amide bonds. The summed E-state index contributed by atoms with van der Waals surface area (Å²) in [7, 11) is 0. The van der Waals surface area contributed by atoms with Gasteiger partial charge < -0.3 is 5.32 Å². The van der Waals surface area contributed by atoms with Crippen LogP contribution in [0.15, 0.2) is 45.6 Å². The molecule has 1 fully saturated rings. The molecule has 1 saturated carbocycles. The molecule has 2 aromatic rings. The fourth-order valence-corrected chi connectivity index (χ4v) is 4.33. The maximum Gasteiger partial charge on any atom is 0.0210 e. The summed E-state index contributed by atoms with van der Waals surface area (Å²) in [6, 6.07) is 12.1. The number of rotatable bonds is 5. The van der Waals surface area contributed by atoms with Crippen LogP contribution in [0.5, 0.6) is 0 Å². The summed E-state index contributed by atoms with van der Waals surface area (Å²) < 4.78 is 1.26. The fourth-order valence-electron chi connectivity index (χ4n) is 3.04. The molecule has 1 N–H and O–H groups in total. The molecule has 0 saturated heterocycles. The van der Waals surface area contributed by atoms with Crippen molar-refractivity contribution in [1.29, 1.82) is 0 Å². The summed E-state index contributed by atoms with van der Waals surface area (Å²) in [6.07, 6.45) is 3.66. The van der Waals surface area contributed by atoms with E-state index in [2.05, 4.69) is 69.3 Å². The quantitative estimate of drug-likeness (QED) is 0.802. The monoisotopic (exact) mass is 349 g/mol. The molecule has 0 spiro atoms. The van der Waals surface area contributed by atoms with Gasteiger partial charge in [0, 0.05) is 16.6 Å². The standard InChI is InChI=1S/C17H20BrNS/c1-12(8-13-6-7-20-11-13)19-15-9-14(10-15)16-4-2-3-5-17(16)18/h2-7,11-12,14-15,19H,8-10H2,1H3. The van der Waals surface area contributed by atoms with Crippen molar-refractivity contribution >= 4 is 27.3 Å². The van der Waals surface area contributed by atoms with Crippen LogP contribution in [0.25, 0.3) is 0 Å². The zero-order chi connectivity index (χ0) is 13.9. The van der Waals surface area contributed by atoms with Crippen LogP contribution in [0.1, 0.15) is 36.8 Å². The molecule has 0 bridgehead atoms. The van der Waals surface area contributed by atoms with Crippen molar-refractivity contribution < 1.29 is 0 Å². The normalized spacial score (nSPS) is 23.3. The van der Waals surface area contributed by atoms with Crippen LogP contribution in [0, 0.1) is 0 Å². The Morgan fingerprint density at radius 3 is 2.80 bits per heavy atom. The van der Waals surface area contributed by atoms with Crippen molar-refractivity contribution in [3.05, 3.63) is 56.7 Å². The van der Waals surface area contributed by atoms with E-state index in [4.69, 9.17) is 0 Å². The lowest BCUT2D eigenvalue weighted by atomic mass is 9.75. The topological polar surface area (TPSA) is 12.0 Å². The second-order valence-electron chi connectivity index (χ2n) is 5.79. The summed E-state index contributed by atoms with van der Waals surface area (Å²) in [5.41, 5.74) is 2.92. The van der Waals surface area contributed by atoms with Gasteiger partial charge in [-0.3, -0.25) is 0 Å². The second kappa shape index (κ2) is 6.42. The highest BCUT2D eigenvalue weighted by Gasteiger charge is 2.31. The van der Waals surface area contributed by atoms with Gasteiger partial charge in [0.1, 0.15) is 0 Å². The van der Waals surface area contributed by atoms with Crippen molar-refractivity contribution in [2.24, 2.45) is 0 Å². The van der Waals surface area contributed by atoms with Crippen molar-refractivity contribution in [3.63, 3.8) is 0 Å². The molecule has 3 rings (SSSR count). The first-order valence-corrected chi connectivity index (χ1v) is 8.97. The summed E-state index contributed by atoms with van der Waals surface area (Å²) >= 11 is 5.45. The Kier molecular flexibility index (Phi) is 4.59. The van der Waals surface area contributed by atoms with Gasteiger partial charge in [-0.1, -0.05) is 34.1 Å². The minimum atomic E-state index is 0.565. The SMILES string of the molecule is CC(Cc1ccsc1)NC1CC(c2ccccc2Br)C1. The molecule has 1 aromatic heterocycles. The molecule has 1 aliphatic rings. The van der Waals surface area contributed by atoms with Crippen LogP contribution in [0.4, 0.5) is 0 Å². The molecular formula is C17H20BrNS. The summed E-state index contributed by atoms with van der Waals surface area (Å²) in [4.78, 5) is 0. The average molecular weight is 350 g/mol. The first kappa shape index (κ1) is 14.3. The van der Waals surface area contributed by atoms with Crippen LogP contribution in [-0.2, 0) is 6.42 Å². The molecule has 0 radical (unpaired) electrons. The van der Waals surface area contributed by atoms with Crippen molar-refractivity contribution in [3.8, 4) is 0 Å². The lowest BCUT2D eigenvalue weighted by Crippen LogP contribution is -2.45. The van der Waals surface area contributed by atoms with Gasteiger partial charge in [0.25, 0.3) is 0 Å². The van der Waals surface area contributed by atoms with E-state index in [0.717, 1.165) is 12.3 Å². The second-order valence-corrected chi connectivity index (χ2v) is 7.42. The maximum absolute atomic E-state index is 3.76. The Morgan fingerprint density at radius 1 is 1.30 bits per heavy atom. The molecule has 1 nitrogen and oxygen atoms in total. The fraction of sp³-hybridized carbons (Fsp3) is 0.412. The largest absolute Gasteiger partial charge is 0.311 e. The van der Waals surface area contributed by atoms with E-state index in [-0.39, 0.29) is 0 Å². The first-order valence-electron chi connectivity index (χ1n) is 7.24. The molecule has 1 unspecified atom stereocenters. The van der Waals surface area contributed by atoms with Gasteiger partial charge in [0.05, 0.1) is 0 Å². The Bertz CT molecular complexity index is 546. The van der Waals surface area contributed by atoms with Crippen molar-refractivity contribution in [2.75, 3.05) is 0 Å². The van der Waals surface area contributed by atoms with Gasteiger partial charge in [0.15, 0.2) is 0 Å². The first-order chi connectivity index (χ1) is 9.72. The van der Waals surface area contributed by atoms with Gasteiger partial charge in [-0.2, -0.15) is 11.3 Å². The molecule has 0 aliphatic heterocycles. The minimum Gasteiger partial charge on any atom is -0.311 e. The average Bonchev–Trinajstić information content (AvgIpc) is 2.87. The third kappa shape index (κ3) is 3.33. The predicted molar refractivity (Wildman–Crippen MR) is 90.5 cm³/mol. The lowest BCUT2D eigenvalue weighted by Gasteiger charge is -2.38. The van der Waals surface area contributed by atoms with E-state index in [0.29, 0.717) is 12.1 Å². The molecule has 20 heavy (non-hydrogen) atoms. The minimum absolute atomic E-state index is 0.565. The highest BCUT2D eigenvalue weighted by Crippen LogP contribution is 2.40. The third-order valence-corrected chi connectivity index (χ3v) is 5.58. The maximum atomic E-state index is 3.76. The molecular weight excluding hydrogens is 330 g/mol. The van der Waals surface area contributed by atoms with E-state index in [1.165, 1.54) is 28.4 Å². The zero-order valence-electron chi connectivity index (χ0n) is 11.7. The molecule has 106 valence electrons.